The maximum Gasteiger partial charge on any atom is 0.243 e. The molecule has 1 amide bonds. The van der Waals surface area contributed by atoms with E-state index in [1.807, 2.05) is 28.8 Å². The molecule has 0 aliphatic carbocycles. The second-order valence-corrected chi connectivity index (χ2v) is 5.81. The van der Waals surface area contributed by atoms with Crippen molar-refractivity contribution in [2.75, 3.05) is 0 Å². The summed E-state index contributed by atoms with van der Waals surface area (Å²) in [6.45, 7) is 2.27. The first kappa shape index (κ1) is 12.5. The van der Waals surface area contributed by atoms with Crippen molar-refractivity contribution >= 4 is 5.91 Å². The molecule has 0 N–H and O–H groups in total. The number of rotatable bonds is 2. The lowest BCUT2D eigenvalue weighted by molar-refractivity contribution is -0.135. The normalized spacial score (nSPS) is 23.2. The van der Waals surface area contributed by atoms with Crippen LogP contribution in [0.2, 0.25) is 0 Å². The molecule has 1 fully saturated rings. The number of aryl methyl sites for hydroxylation is 1. The number of amides is 1. The summed E-state index contributed by atoms with van der Waals surface area (Å²) in [5, 5.41) is 0. The monoisotopic (exact) mass is 283 g/mol. The number of aromatic nitrogens is 4. The number of carbonyl (C=O) groups excluding carboxylic acids is 1. The Labute approximate surface area is 122 Å². The van der Waals surface area contributed by atoms with E-state index >= 15 is 0 Å². The van der Waals surface area contributed by atoms with E-state index in [1.54, 1.807) is 12.5 Å². The van der Waals surface area contributed by atoms with Gasteiger partial charge in [-0.25, -0.2) is 15.0 Å². The Balaban J connectivity index is 1.63. The summed E-state index contributed by atoms with van der Waals surface area (Å²) in [7, 11) is 0. The van der Waals surface area contributed by atoms with E-state index in [2.05, 4.69) is 15.0 Å². The summed E-state index contributed by atoms with van der Waals surface area (Å²) in [6, 6.07) is 0.434. The van der Waals surface area contributed by atoms with Gasteiger partial charge in [0.2, 0.25) is 5.91 Å². The van der Waals surface area contributed by atoms with Crippen LogP contribution in [0.5, 0.6) is 0 Å². The third-order valence-corrected chi connectivity index (χ3v) is 4.48. The molecule has 21 heavy (non-hydrogen) atoms. The lowest BCUT2D eigenvalue weighted by Gasteiger charge is -2.35. The Bertz CT molecular complexity index is 681. The third-order valence-electron chi connectivity index (χ3n) is 4.48. The molecule has 4 heterocycles. The SMILES string of the molecule is Cc1ncc2c(n1)C[C@H]1CC[C@H]2N1C(=O)Cn1ccnc1. The minimum absolute atomic E-state index is 0.148. The van der Waals surface area contributed by atoms with E-state index in [-0.39, 0.29) is 18.0 Å². The van der Waals surface area contributed by atoms with Crippen molar-refractivity contribution < 1.29 is 4.79 Å². The fourth-order valence-corrected chi connectivity index (χ4v) is 3.58. The number of nitrogens with zero attached hydrogens (tertiary/aromatic N) is 5. The minimum Gasteiger partial charge on any atom is -0.331 e. The van der Waals surface area contributed by atoms with Crippen molar-refractivity contribution in [1.82, 2.24) is 24.4 Å². The number of hydrogen-bond donors (Lipinski definition) is 0. The summed E-state index contributed by atoms with van der Waals surface area (Å²) in [5.74, 6) is 0.970. The second kappa shape index (κ2) is 4.65. The zero-order valence-electron chi connectivity index (χ0n) is 11.9. The van der Waals surface area contributed by atoms with Crippen LogP contribution < -0.4 is 0 Å². The molecule has 2 aliphatic heterocycles. The molecule has 0 radical (unpaired) electrons. The van der Waals surface area contributed by atoms with Gasteiger partial charge >= 0.3 is 0 Å². The van der Waals surface area contributed by atoms with Gasteiger partial charge in [0.15, 0.2) is 0 Å². The van der Waals surface area contributed by atoms with Crippen molar-refractivity contribution in [3.8, 4) is 0 Å². The summed E-state index contributed by atoms with van der Waals surface area (Å²) in [5.41, 5.74) is 2.26. The first-order valence-corrected chi connectivity index (χ1v) is 7.31. The zero-order valence-corrected chi connectivity index (χ0v) is 11.9. The Kier molecular flexibility index (Phi) is 2.77. The Morgan fingerprint density at radius 3 is 3.14 bits per heavy atom. The van der Waals surface area contributed by atoms with Crippen LogP contribution in [0, 0.1) is 6.92 Å². The number of fused-ring (bicyclic) bond motifs is 4. The van der Waals surface area contributed by atoms with Gasteiger partial charge in [-0.2, -0.15) is 0 Å². The van der Waals surface area contributed by atoms with Crippen molar-refractivity contribution in [3.05, 3.63) is 42.0 Å². The van der Waals surface area contributed by atoms with Crippen LogP contribution in [0.3, 0.4) is 0 Å². The smallest absolute Gasteiger partial charge is 0.243 e. The molecule has 0 unspecified atom stereocenters. The largest absolute Gasteiger partial charge is 0.331 e. The molecule has 2 aromatic rings. The second-order valence-electron chi connectivity index (χ2n) is 5.81. The molecule has 2 aliphatic rings. The average Bonchev–Trinajstić information content (AvgIpc) is 3.06. The predicted octanol–water partition coefficient (Wildman–Crippen LogP) is 1.27. The Hall–Kier alpha value is -2.24. The van der Waals surface area contributed by atoms with Crippen LogP contribution in [0.1, 0.15) is 36.0 Å². The topological polar surface area (TPSA) is 63.9 Å². The molecule has 108 valence electrons. The minimum atomic E-state index is 0.148. The average molecular weight is 283 g/mol. The molecule has 4 rings (SSSR count). The number of carbonyl (C=O) groups is 1. The molecule has 2 aromatic heterocycles. The maximum atomic E-state index is 12.6. The molecular weight excluding hydrogens is 266 g/mol. The first-order valence-electron chi connectivity index (χ1n) is 7.31. The summed E-state index contributed by atoms with van der Waals surface area (Å²) >= 11 is 0. The molecule has 0 spiro atoms. The van der Waals surface area contributed by atoms with Gasteiger partial charge in [0.05, 0.1) is 18.1 Å². The van der Waals surface area contributed by atoms with E-state index in [0.29, 0.717) is 6.54 Å². The van der Waals surface area contributed by atoms with E-state index in [1.165, 1.54) is 0 Å². The van der Waals surface area contributed by atoms with Crippen molar-refractivity contribution in [2.24, 2.45) is 0 Å². The maximum absolute atomic E-state index is 12.6. The third kappa shape index (κ3) is 2.02. The highest BCUT2D eigenvalue weighted by molar-refractivity contribution is 5.77. The highest BCUT2D eigenvalue weighted by atomic mass is 16.2. The van der Waals surface area contributed by atoms with Crippen molar-refractivity contribution in [1.29, 1.82) is 0 Å². The van der Waals surface area contributed by atoms with Crippen LogP contribution in [0.15, 0.2) is 24.9 Å². The molecule has 6 nitrogen and oxygen atoms in total. The zero-order chi connectivity index (χ0) is 14.4. The summed E-state index contributed by atoms with van der Waals surface area (Å²) in [6.07, 6.45) is 10.0. The van der Waals surface area contributed by atoms with Gasteiger partial charge in [0.1, 0.15) is 12.4 Å². The fraction of sp³-hybridized carbons (Fsp3) is 0.467. The highest BCUT2D eigenvalue weighted by Gasteiger charge is 2.43. The van der Waals surface area contributed by atoms with Gasteiger partial charge in [0, 0.05) is 36.6 Å². The lowest BCUT2D eigenvalue weighted by Crippen LogP contribution is -2.43. The van der Waals surface area contributed by atoms with Crippen LogP contribution in [0.25, 0.3) is 0 Å². The number of hydrogen-bond acceptors (Lipinski definition) is 4. The Morgan fingerprint density at radius 1 is 1.43 bits per heavy atom. The quantitative estimate of drug-likeness (QED) is 0.832. The van der Waals surface area contributed by atoms with Gasteiger partial charge < -0.3 is 9.47 Å². The van der Waals surface area contributed by atoms with Crippen LogP contribution in [-0.4, -0.2) is 36.4 Å². The predicted molar refractivity (Wildman–Crippen MR) is 75.3 cm³/mol. The molecule has 2 atom stereocenters. The van der Waals surface area contributed by atoms with Gasteiger partial charge in [0.25, 0.3) is 0 Å². The summed E-state index contributed by atoms with van der Waals surface area (Å²) in [4.78, 5) is 27.5. The highest BCUT2D eigenvalue weighted by Crippen LogP contribution is 2.42. The molecule has 0 aromatic carbocycles. The number of imidazole rings is 1. The fourth-order valence-electron chi connectivity index (χ4n) is 3.58. The van der Waals surface area contributed by atoms with E-state index in [9.17, 15) is 4.79 Å². The molecule has 0 saturated carbocycles. The van der Waals surface area contributed by atoms with Crippen molar-refractivity contribution in [3.63, 3.8) is 0 Å². The standard InChI is InChI=1S/C15H17N5O/c1-10-17-7-12-13(18-10)6-11-2-3-14(12)20(11)15(21)8-19-5-4-16-9-19/h4-5,7,9,11,14H,2-3,6,8H2,1H3/t11-,14-/m1/s1. The van der Waals surface area contributed by atoms with E-state index < -0.39 is 0 Å². The van der Waals surface area contributed by atoms with Gasteiger partial charge in [-0.05, 0) is 19.8 Å². The molecular formula is C15H17N5O. The van der Waals surface area contributed by atoms with E-state index in [0.717, 1.165) is 36.3 Å². The van der Waals surface area contributed by atoms with E-state index in [4.69, 9.17) is 0 Å². The first-order chi connectivity index (χ1) is 10.2. The van der Waals surface area contributed by atoms with Gasteiger partial charge in [-0.15, -0.1) is 0 Å². The van der Waals surface area contributed by atoms with Gasteiger partial charge in [-0.1, -0.05) is 0 Å². The Morgan fingerprint density at radius 2 is 2.33 bits per heavy atom. The molecule has 2 bridgehead atoms. The molecule has 6 heteroatoms. The van der Waals surface area contributed by atoms with Gasteiger partial charge in [-0.3, -0.25) is 4.79 Å². The van der Waals surface area contributed by atoms with Crippen LogP contribution >= 0.6 is 0 Å². The van der Waals surface area contributed by atoms with Crippen molar-refractivity contribution in [2.45, 2.75) is 44.8 Å². The van der Waals surface area contributed by atoms with Crippen LogP contribution in [-0.2, 0) is 17.8 Å². The lowest BCUT2D eigenvalue weighted by atomic mass is 9.99. The van der Waals surface area contributed by atoms with Crippen LogP contribution in [0.4, 0.5) is 0 Å². The molecule has 1 saturated heterocycles. The summed E-state index contributed by atoms with van der Waals surface area (Å²) < 4.78 is 1.82.